The van der Waals surface area contributed by atoms with E-state index in [0.717, 1.165) is 27.9 Å². The highest BCUT2D eigenvalue weighted by Crippen LogP contribution is 2.47. The predicted octanol–water partition coefficient (Wildman–Crippen LogP) is 9.66. The van der Waals surface area contributed by atoms with Crippen molar-refractivity contribution in [3.05, 3.63) is 107 Å². The summed E-state index contributed by atoms with van der Waals surface area (Å²) < 4.78 is 3.59. The third-order valence-electron chi connectivity index (χ3n) is 8.52. The molecule has 0 saturated heterocycles. The van der Waals surface area contributed by atoms with Gasteiger partial charge in [0.15, 0.2) is 11.5 Å². The van der Waals surface area contributed by atoms with Crippen molar-refractivity contribution in [1.29, 1.82) is 0 Å². The van der Waals surface area contributed by atoms with Crippen molar-refractivity contribution in [2.75, 3.05) is 0 Å². The Bertz CT molecular complexity index is 2110. The predicted molar refractivity (Wildman–Crippen MR) is 166 cm³/mol. The van der Waals surface area contributed by atoms with Gasteiger partial charge in [0.25, 0.3) is 0 Å². The van der Waals surface area contributed by atoms with E-state index in [1.54, 1.807) is 0 Å². The first-order chi connectivity index (χ1) is 19.1. The Morgan fingerprint density at radius 3 is 2.28 bits per heavy atom. The Morgan fingerprint density at radius 2 is 1.46 bits per heavy atom. The molecule has 39 heavy (non-hydrogen) atoms. The van der Waals surface area contributed by atoms with Crippen molar-refractivity contribution in [1.82, 2.24) is 14.6 Å². The molecule has 4 aromatic carbocycles. The number of allylic oxidation sites excluding steroid dienone is 1. The van der Waals surface area contributed by atoms with E-state index in [9.17, 15) is 0 Å². The van der Waals surface area contributed by atoms with Gasteiger partial charge < -0.3 is 0 Å². The van der Waals surface area contributed by atoms with E-state index in [-0.39, 0.29) is 0 Å². The normalized spacial score (nSPS) is 17.0. The molecule has 0 saturated carbocycles. The van der Waals surface area contributed by atoms with E-state index in [1.807, 2.05) is 11.3 Å². The van der Waals surface area contributed by atoms with Crippen LogP contribution in [0.5, 0.6) is 0 Å². The molecule has 0 N–H and O–H groups in total. The number of rotatable bonds is 2. The summed E-state index contributed by atoms with van der Waals surface area (Å²) in [6.07, 6.45) is 4.69. The number of aryl methyl sites for hydroxylation is 1. The fourth-order valence-electron chi connectivity index (χ4n) is 6.34. The van der Waals surface area contributed by atoms with Gasteiger partial charge >= 0.3 is 0 Å². The molecule has 4 heteroatoms. The minimum atomic E-state index is 0.530. The van der Waals surface area contributed by atoms with Crippen LogP contribution in [0.1, 0.15) is 35.8 Å². The van der Waals surface area contributed by atoms with Gasteiger partial charge in [-0.1, -0.05) is 92.7 Å². The molecule has 0 fully saturated rings. The zero-order valence-corrected chi connectivity index (χ0v) is 23.0. The first kappa shape index (κ1) is 22.7. The van der Waals surface area contributed by atoms with Crippen LogP contribution in [0.2, 0.25) is 0 Å². The third-order valence-corrected chi connectivity index (χ3v) is 9.74. The van der Waals surface area contributed by atoms with Crippen LogP contribution in [0.15, 0.2) is 91.0 Å². The fraction of sp³-hybridized carbons (Fsp3) is 0.143. The van der Waals surface area contributed by atoms with Crippen molar-refractivity contribution in [2.24, 2.45) is 5.92 Å². The fourth-order valence-corrected chi connectivity index (χ4v) is 7.68. The molecular weight excluding hydrogens is 494 g/mol. The number of pyridine rings is 1. The molecule has 1 aliphatic carbocycles. The molecule has 7 aromatic rings. The molecule has 3 aromatic heterocycles. The standard InChI is InChI=1S/C35H27N3S/c1-20-18-28(33-29(19-20)32-22(3)21(2)12-17-31(32)39-33)23-13-15-24(16-14-23)34-36-37-35-27-10-5-4-8-25(27)26-9-6-7-11-30(26)38(34)35/h4-19,21-22H,1-3H3. The van der Waals surface area contributed by atoms with Crippen LogP contribution >= 0.6 is 11.3 Å². The molecule has 2 atom stereocenters. The smallest absolute Gasteiger partial charge is 0.169 e. The molecule has 188 valence electrons. The highest BCUT2D eigenvalue weighted by molar-refractivity contribution is 7.20. The molecule has 8 rings (SSSR count). The van der Waals surface area contributed by atoms with Gasteiger partial charge in [-0.25, -0.2) is 0 Å². The lowest BCUT2D eigenvalue weighted by molar-refractivity contribution is 0.591. The third kappa shape index (κ3) is 3.28. The average Bonchev–Trinajstić information content (AvgIpc) is 3.58. The van der Waals surface area contributed by atoms with Gasteiger partial charge in [-0.05, 0) is 70.0 Å². The second-order valence-electron chi connectivity index (χ2n) is 10.9. The topological polar surface area (TPSA) is 30.2 Å². The van der Waals surface area contributed by atoms with Crippen molar-refractivity contribution in [3.8, 4) is 22.5 Å². The maximum atomic E-state index is 4.70. The molecule has 2 unspecified atom stereocenters. The van der Waals surface area contributed by atoms with Gasteiger partial charge in [0.2, 0.25) is 0 Å². The minimum absolute atomic E-state index is 0.530. The van der Waals surface area contributed by atoms with Crippen LogP contribution in [-0.4, -0.2) is 14.6 Å². The maximum absolute atomic E-state index is 4.70. The number of para-hydroxylation sites is 1. The van der Waals surface area contributed by atoms with Gasteiger partial charge in [0.1, 0.15) is 0 Å². The van der Waals surface area contributed by atoms with Crippen LogP contribution < -0.4 is 0 Å². The molecule has 0 bridgehead atoms. The number of fused-ring (bicyclic) bond motifs is 9. The Morgan fingerprint density at radius 1 is 0.744 bits per heavy atom. The van der Waals surface area contributed by atoms with Crippen molar-refractivity contribution in [3.63, 3.8) is 0 Å². The summed E-state index contributed by atoms with van der Waals surface area (Å²) in [6, 6.07) is 30.6. The molecule has 0 spiro atoms. The summed E-state index contributed by atoms with van der Waals surface area (Å²) >= 11 is 1.93. The summed E-state index contributed by atoms with van der Waals surface area (Å²) in [5.74, 6) is 1.96. The van der Waals surface area contributed by atoms with E-state index >= 15 is 0 Å². The first-order valence-electron chi connectivity index (χ1n) is 13.6. The van der Waals surface area contributed by atoms with Crippen LogP contribution in [0.4, 0.5) is 0 Å². The quantitative estimate of drug-likeness (QED) is 0.212. The van der Waals surface area contributed by atoms with E-state index in [0.29, 0.717) is 11.8 Å². The zero-order chi connectivity index (χ0) is 26.2. The van der Waals surface area contributed by atoms with Gasteiger partial charge in [0.05, 0.1) is 5.52 Å². The number of aromatic nitrogens is 3. The SMILES string of the molecule is Cc1cc(-c2ccc(-c3nnc4c5ccccc5c5ccccc5n34)cc2)c2sc3c(c2c1)C(C)C(C)C=C3. The van der Waals surface area contributed by atoms with Gasteiger partial charge in [0, 0.05) is 25.9 Å². The summed E-state index contributed by atoms with van der Waals surface area (Å²) in [4.78, 5) is 1.41. The molecule has 0 amide bonds. The largest absolute Gasteiger partial charge is 0.274 e. The van der Waals surface area contributed by atoms with Crippen molar-refractivity contribution >= 4 is 54.8 Å². The lowest BCUT2D eigenvalue weighted by atomic mass is 9.83. The molecule has 0 aliphatic heterocycles. The van der Waals surface area contributed by atoms with Gasteiger partial charge in [-0.15, -0.1) is 21.5 Å². The van der Waals surface area contributed by atoms with E-state index in [1.165, 1.54) is 48.0 Å². The second-order valence-corrected chi connectivity index (χ2v) is 12.0. The number of benzene rings is 4. The van der Waals surface area contributed by atoms with Crippen LogP contribution in [-0.2, 0) is 0 Å². The lowest BCUT2D eigenvalue weighted by Gasteiger charge is -2.21. The summed E-state index contributed by atoms with van der Waals surface area (Å²) in [6.45, 7) is 6.90. The molecule has 3 heterocycles. The minimum Gasteiger partial charge on any atom is -0.274 e. The van der Waals surface area contributed by atoms with E-state index in [2.05, 4.69) is 127 Å². The van der Waals surface area contributed by atoms with Crippen LogP contribution in [0, 0.1) is 12.8 Å². The van der Waals surface area contributed by atoms with Gasteiger partial charge in [-0.3, -0.25) is 4.40 Å². The molecule has 0 radical (unpaired) electrons. The van der Waals surface area contributed by atoms with Crippen LogP contribution in [0.25, 0.3) is 66.0 Å². The maximum Gasteiger partial charge on any atom is 0.169 e. The number of thiophene rings is 1. The Hall–Kier alpha value is -4.28. The first-order valence-corrected chi connectivity index (χ1v) is 14.4. The Kier molecular flexibility index (Phi) is 4.86. The van der Waals surface area contributed by atoms with Crippen molar-refractivity contribution in [2.45, 2.75) is 26.7 Å². The zero-order valence-electron chi connectivity index (χ0n) is 22.1. The average molecular weight is 522 g/mol. The second kappa shape index (κ2) is 8.36. The van der Waals surface area contributed by atoms with E-state index in [4.69, 9.17) is 5.10 Å². The number of hydrogen-bond donors (Lipinski definition) is 0. The van der Waals surface area contributed by atoms with E-state index < -0.39 is 0 Å². The van der Waals surface area contributed by atoms with Crippen molar-refractivity contribution < 1.29 is 0 Å². The summed E-state index contributed by atoms with van der Waals surface area (Å²) in [7, 11) is 0. The summed E-state index contributed by atoms with van der Waals surface area (Å²) in [5.41, 5.74) is 8.44. The van der Waals surface area contributed by atoms with Crippen LogP contribution in [0.3, 0.4) is 0 Å². The Balaban J connectivity index is 1.30. The highest BCUT2D eigenvalue weighted by atomic mass is 32.1. The molecular formula is C35H27N3S. The molecule has 3 nitrogen and oxygen atoms in total. The lowest BCUT2D eigenvalue weighted by Crippen LogP contribution is -2.07. The highest BCUT2D eigenvalue weighted by Gasteiger charge is 2.25. The number of hydrogen-bond acceptors (Lipinski definition) is 3. The van der Waals surface area contributed by atoms with Gasteiger partial charge in [-0.2, -0.15) is 0 Å². The summed E-state index contributed by atoms with van der Waals surface area (Å²) in [5, 5.41) is 14.3. The molecule has 1 aliphatic rings. The monoisotopic (exact) mass is 521 g/mol. The Labute approximate surface area is 231 Å². The number of nitrogens with zero attached hydrogens (tertiary/aromatic N) is 3.